The molecule has 1 aliphatic heterocycles. The number of hydrogen-bond donors (Lipinski definition) is 0. The van der Waals surface area contributed by atoms with E-state index in [4.69, 9.17) is 5.26 Å². The third-order valence-corrected chi connectivity index (χ3v) is 3.68. The Hall–Kier alpha value is -0.590. The van der Waals surface area contributed by atoms with Gasteiger partial charge in [0.2, 0.25) is 0 Å². The van der Waals surface area contributed by atoms with E-state index in [1.807, 2.05) is 13.8 Å². The van der Waals surface area contributed by atoms with Crippen molar-refractivity contribution in [3.63, 3.8) is 0 Å². The summed E-state index contributed by atoms with van der Waals surface area (Å²) in [6.07, 6.45) is 0.971. The van der Waals surface area contributed by atoms with Gasteiger partial charge in [-0.1, -0.05) is 0 Å². The first-order valence-electron chi connectivity index (χ1n) is 6.63. The molecule has 0 saturated carbocycles. The third-order valence-electron chi connectivity index (χ3n) is 3.68. The van der Waals surface area contributed by atoms with E-state index in [2.05, 4.69) is 36.6 Å². The minimum atomic E-state index is -0.179. The minimum absolute atomic E-state index is 0.179. The van der Waals surface area contributed by atoms with Gasteiger partial charge in [0, 0.05) is 31.7 Å². The van der Waals surface area contributed by atoms with Crippen molar-refractivity contribution >= 4 is 0 Å². The molecule has 0 radical (unpaired) electrons. The van der Waals surface area contributed by atoms with E-state index in [1.54, 1.807) is 0 Å². The van der Waals surface area contributed by atoms with Gasteiger partial charge < -0.3 is 4.90 Å². The molecule has 1 saturated heterocycles. The molecule has 0 unspecified atom stereocenters. The van der Waals surface area contributed by atoms with Crippen molar-refractivity contribution in [1.29, 1.82) is 5.26 Å². The van der Waals surface area contributed by atoms with Crippen LogP contribution in [0.1, 0.15) is 41.0 Å². The maximum Gasteiger partial charge on any atom is 0.0684 e. The van der Waals surface area contributed by atoms with Crippen LogP contribution in [0.2, 0.25) is 0 Å². The first-order valence-corrected chi connectivity index (χ1v) is 6.63. The van der Waals surface area contributed by atoms with Crippen molar-refractivity contribution in [2.75, 3.05) is 32.7 Å². The van der Waals surface area contributed by atoms with E-state index in [0.29, 0.717) is 0 Å². The molecular formula is C14H27N3. The molecule has 0 aromatic rings. The Labute approximate surface area is 106 Å². The van der Waals surface area contributed by atoms with Crippen LogP contribution in [0.3, 0.4) is 0 Å². The minimum Gasteiger partial charge on any atom is -0.301 e. The second kappa shape index (κ2) is 5.37. The molecule has 0 N–H and O–H groups in total. The van der Waals surface area contributed by atoms with Gasteiger partial charge in [-0.3, -0.25) is 4.90 Å². The molecule has 0 amide bonds. The predicted octanol–water partition coefficient (Wildman–Crippen LogP) is 2.34. The van der Waals surface area contributed by atoms with E-state index >= 15 is 0 Å². The van der Waals surface area contributed by atoms with E-state index in [0.717, 1.165) is 39.1 Å². The van der Waals surface area contributed by atoms with Crippen LogP contribution in [0, 0.1) is 16.7 Å². The van der Waals surface area contributed by atoms with Crippen LogP contribution < -0.4 is 0 Å². The average Bonchev–Trinajstić information content (AvgIpc) is 2.26. The van der Waals surface area contributed by atoms with E-state index in [1.165, 1.54) is 0 Å². The highest BCUT2D eigenvalue weighted by atomic mass is 15.3. The van der Waals surface area contributed by atoms with Gasteiger partial charge in [-0.25, -0.2) is 0 Å². The average molecular weight is 237 g/mol. The number of piperazine rings is 1. The van der Waals surface area contributed by atoms with Crippen molar-refractivity contribution in [1.82, 2.24) is 9.80 Å². The van der Waals surface area contributed by atoms with E-state index in [-0.39, 0.29) is 11.0 Å². The summed E-state index contributed by atoms with van der Waals surface area (Å²) in [6.45, 7) is 16.5. The topological polar surface area (TPSA) is 30.3 Å². The Morgan fingerprint density at radius 2 is 1.53 bits per heavy atom. The molecule has 1 aliphatic rings. The fourth-order valence-corrected chi connectivity index (χ4v) is 2.14. The van der Waals surface area contributed by atoms with Gasteiger partial charge in [0.1, 0.15) is 0 Å². The summed E-state index contributed by atoms with van der Waals surface area (Å²) in [5.74, 6) is 0. The molecule has 98 valence electrons. The van der Waals surface area contributed by atoms with Crippen LogP contribution in [0.4, 0.5) is 0 Å². The predicted molar refractivity (Wildman–Crippen MR) is 71.8 cm³/mol. The normalized spacial score (nSPS) is 20.2. The van der Waals surface area contributed by atoms with Gasteiger partial charge in [-0.05, 0) is 47.6 Å². The zero-order chi connectivity index (χ0) is 13.1. The first-order chi connectivity index (χ1) is 7.74. The summed E-state index contributed by atoms with van der Waals surface area (Å²) < 4.78 is 0. The molecule has 17 heavy (non-hydrogen) atoms. The fourth-order valence-electron chi connectivity index (χ4n) is 2.14. The van der Waals surface area contributed by atoms with Crippen molar-refractivity contribution in [2.45, 2.75) is 46.6 Å². The van der Waals surface area contributed by atoms with Gasteiger partial charge in [0.25, 0.3) is 0 Å². The zero-order valence-electron chi connectivity index (χ0n) is 12.1. The molecular weight excluding hydrogens is 210 g/mol. The molecule has 3 nitrogen and oxygen atoms in total. The molecule has 3 heteroatoms. The van der Waals surface area contributed by atoms with Crippen LogP contribution in [-0.2, 0) is 0 Å². The smallest absolute Gasteiger partial charge is 0.0684 e. The highest BCUT2D eigenvalue weighted by Gasteiger charge is 2.26. The van der Waals surface area contributed by atoms with Gasteiger partial charge in [-0.2, -0.15) is 5.26 Å². The lowest BCUT2D eigenvalue weighted by Crippen LogP contribution is -2.53. The Morgan fingerprint density at radius 1 is 1.00 bits per heavy atom. The Bertz CT molecular complexity index is 275. The van der Waals surface area contributed by atoms with Crippen LogP contribution >= 0.6 is 0 Å². The SMILES string of the molecule is CC(C)(C#N)CCN1CCN(C(C)(C)C)CC1. The molecule has 0 atom stereocenters. The summed E-state index contributed by atoms with van der Waals surface area (Å²) in [5, 5.41) is 9.00. The van der Waals surface area contributed by atoms with Crippen LogP contribution in [-0.4, -0.2) is 48.1 Å². The second-order valence-corrected chi connectivity index (χ2v) is 6.75. The van der Waals surface area contributed by atoms with Crippen molar-refractivity contribution in [3.8, 4) is 6.07 Å². The van der Waals surface area contributed by atoms with Gasteiger partial charge in [-0.15, -0.1) is 0 Å². The Balaban J connectivity index is 2.32. The molecule has 0 aromatic heterocycles. The number of hydrogen-bond acceptors (Lipinski definition) is 3. The lowest BCUT2D eigenvalue weighted by molar-refractivity contribution is 0.0589. The maximum atomic E-state index is 9.00. The maximum absolute atomic E-state index is 9.00. The van der Waals surface area contributed by atoms with Gasteiger partial charge >= 0.3 is 0 Å². The molecule has 1 rings (SSSR count). The quantitative estimate of drug-likeness (QED) is 0.755. The highest BCUT2D eigenvalue weighted by Crippen LogP contribution is 2.20. The highest BCUT2D eigenvalue weighted by molar-refractivity contribution is 4.92. The molecule has 0 bridgehead atoms. The van der Waals surface area contributed by atoms with Crippen LogP contribution in [0.15, 0.2) is 0 Å². The summed E-state index contributed by atoms with van der Waals surface area (Å²) >= 11 is 0. The van der Waals surface area contributed by atoms with Crippen molar-refractivity contribution < 1.29 is 0 Å². The first kappa shape index (κ1) is 14.5. The fraction of sp³-hybridized carbons (Fsp3) is 0.929. The lowest BCUT2D eigenvalue weighted by Gasteiger charge is -2.42. The number of rotatable bonds is 3. The van der Waals surface area contributed by atoms with Gasteiger partial charge in [0.15, 0.2) is 0 Å². The zero-order valence-corrected chi connectivity index (χ0v) is 12.1. The van der Waals surface area contributed by atoms with Crippen LogP contribution in [0.25, 0.3) is 0 Å². The Morgan fingerprint density at radius 3 is 1.94 bits per heavy atom. The lowest BCUT2D eigenvalue weighted by atomic mass is 9.91. The largest absolute Gasteiger partial charge is 0.301 e. The van der Waals surface area contributed by atoms with Crippen molar-refractivity contribution in [3.05, 3.63) is 0 Å². The number of nitrogens with zero attached hydrogens (tertiary/aromatic N) is 3. The summed E-state index contributed by atoms with van der Waals surface area (Å²) in [6, 6.07) is 2.38. The molecule has 1 heterocycles. The monoisotopic (exact) mass is 237 g/mol. The second-order valence-electron chi connectivity index (χ2n) is 6.75. The van der Waals surface area contributed by atoms with Gasteiger partial charge in [0.05, 0.1) is 11.5 Å². The molecule has 1 fully saturated rings. The Kier molecular flexibility index (Phi) is 4.57. The molecule has 0 spiro atoms. The molecule has 0 aliphatic carbocycles. The summed E-state index contributed by atoms with van der Waals surface area (Å²) in [5.41, 5.74) is 0.110. The third kappa shape index (κ3) is 4.65. The number of nitriles is 1. The van der Waals surface area contributed by atoms with Crippen molar-refractivity contribution in [2.24, 2.45) is 5.41 Å². The van der Waals surface area contributed by atoms with Crippen LogP contribution in [0.5, 0.6) is 0 Å². The van der Waals surface area contributed by atoms with E-state index < -0.39 is 0 Å². The summed E-state index contributed by atoms with van der Waals surface area (Å²) in [7, 11) is 0. The summed E-state index contributed by atoms with van der Waals surface area (Å²) in [4.78, 5) is 5.03. The standard InChI is InChI=1S/C14H27N3/c1-13(2,3)17-10-8-16(9-11-17)7-6-14(4,5)12-15/h6-11H2,1-5H3. The molecule has 0 aromatic carbocycles. The van der Waals surface area contributed by atoms with E-state index in [9.17, 15) is 0 Å².